The summed E-state index contributed by atoms with van der Waals surface area (Å²) < 4.78 is 6.14. The molecule has 0 radical (unpaired) electrons. The van der Waals surface area contributed by atoms with Crippen LogP contribution < -0.4 is 4.48 Å². The molecule has 0 atom stereocenters. The molecular weight excluding hydrogens is 258 g/mol. The van der Waals surface area contributed by atoms with Gasteiger partial charge in [0.25, 0.3) is 0 Å². The van der Waals surface area contributed by atoms with Crippen LogP contribution >= 0.6 is 15.9 Å². The fraction of sp³-hybridized carbons (Fsp3) is 0.364. The van der Waals surface area contributed by atoms with Gasteiger partial charge in [0, 0.05) is 16.6 Å². The minimum absolute atomic E-state index is 0.324. The van der Waals surface area contributed by atoms with Gasteiger partial charge < -0.3 is 4.74 Å². The Balaban J connectivity index is 3.15. The van der Waals surface area contributed by atoms with Crippen molar-refractivity contribution in [1.82, 2.24) is 4.48 Å². The molecule has 0 bridgehead atoms. The van der Waals surface area contributed by atoms with Gasteiger partial charge in [-0.25, -0.2) is 4.79 Å². The molecular formula is C11H15BrNO2+. The number of benzene rings is 1. The average molecular weight is 273 g/mol. The SMILES string of the molecule is COC(=O)c1ccc([N+](C)(C)C)cc1Br. The van der Waals surface area contributed by atoms with Crippen molar-refractivity contribution in [3.8, 4) is 0 Å². The van der Waals surface area contributed by atoms with Gasteiger partial charge >= 0.3 is 5.97 Å². The fourth-order valence-corrected chi connectivity index (χ4v) is 1.73. The molecule has 1 rings (SSSR count). The minimum atomic E-state index is -0.324. The first-order valence-corrected chi connectivity index (χ1v) is 5.35. The van der Waals surface area contributed by atoms with Crippen LogP contribution in [-0.2, 0) is 4.74 Å². The van der Waals surface area contributed by atoms with E-state index in [9.17, 15) is 4.79 Å². The highest BCUT2D eigenvalue weighted by atomic mass is 79.9. The van der Waals surface area contributed by atoms with Gasteiger partial charge in [0.15, 0.2) is 0 Å². The first-order chi connectivity index (χ1) is 6.86. The topological polar surface area (TPSA) is 26.3 Å². The summed E-state index contributed by atoms with van der Waals surface area (Å²) in [4.78, 5) is 11.3. The molecule has 0 unspecified atom stereocenters. The van der Waals surface area contributed by atoms with E-state index in [0.717, 1.165) is 10.2 Å². The Hall–Kier alpha value is -0.870. The summed E-state index contributed by atoms with van der Waals surface area (Å²) in [7, 11) is 7.58. The zero-order chi connectivity index (χ0) is 11.6. The van der Waals surface area contributed by atoms with Crippen molar-refractivity contribution in [3.05, 3.63) is 28.2 Å². The summed E-state index contributed by atoms with van der Waals surface area (Å²) in [6.07, 6.45) is 0. The van der Waals surface area contributed by atoms with Crippen molar-refractivity contribution in [2.24, 2.45) is 0 Å². The van der Waals surface area contributed by atoms with Gasteiger partial charge in [0.05, 0.1) is 33.8 Å². The molecule has 1 aromatic rings. The summed E-state index contributed by atoms with van der Waals surface area (Å²) in [5.74, 6) is -0.324. The van der Waals surface area contributed by atoms with Crippen LogP contribution in [0.1, 0.15) is 10.4 Å². The maximum absolute atomic E-state index is 11.3. The Morgan fingerprint density at radius 3 is 2.33 bits per heavy atom. The number of hydrogen-bond acceptors (Lipinski definition) is 2. The van der Waals surface area contributed by atoms with E-state index in [1.54, 1.807) is 6.07 Å². The Kier molecular flexibility index (Phi) is 3.52. The molecule has 0 amide bonds. The zero-order valence-corrected chi connectivity index (χ0v) is 11.0. The van der Waals surface area contributed by atoms with Gasteiger partial charge in [-0.05, 0) is 22.0 Å². The van der Waals surface area contributed by atoms with Crippen LogP contribution in [0.3, 0.4) is 0 Å². The van der Waals surface area contributed by atoms with Gasteiger partial charge in [0.1, 0.15) is 5.69 Å². The molecule has 0 spiro atoms. The van der Waals surface area contributed by atoms with Crippen molar-refractivity contribution in [3.63, 3.8) is 0 Å². The molecule has 0 saturated carbocycles. The Labute approximate surface area is 98.4 Å². The third kappa shape index (κ3) is 2.79. The lowest BCUT2D eigenvalue weighted by Crippen LogP contribution is -2.34. The predicted molar refractivity (Wildman–Crippen MR) is 65.0 cm³/mol. The van der Waals surface area contributed by atoms with Crippen LogP contribution in [0.5, 0.6) is 0 Å². The standard InChI is InChI=1S/C11H15BrNO2/c1-13(2,3)8-5-6-9(10(12)7-8)11(14)15-4/h5-7H,1-4H3/q+1. The molecule has 4 heteroatoms. The van der Waals surface area contributed by atoms with E-state index in [2.05, 4.69) is 41.8 Å². The molecule has 0 aromatic heterocycles. The third-order valence-corrected chi connectivity index (χ3v) is 2.79. The number of nitrogens with zero attached hydrogens (tertiary/aromatic N) is 1. The number of ether oxygens (including phenoxy) is 1. The summed E-state index contributed by atoms with van der Waals surface area (Å²) in [5.41, 5.74) is 1.67. The Morgan fingerprint density at radius 2 is 1.93 bits per heavy atom. The number of esters is 1. The monoisotopic (exact) mass is 272 g/mol. The molecule has 3 nitrogen and oxygen atoms in total. The molecule has 15 heavy (non-hydrogen) atoms. The van der Waals surface area contributed by atoms with E-state index in [1.165, 1.54) is 7.11 Å². The summed E-state index contributed by atoms with van der Waals surface area (Å²) in [5, 5.41) is 0. The highest BCUT2D eigenvalue weighted by Gasteiger charge is 2.16. The van der Waals surface area contributed by atoms with E-state index in [0.29, 0.717) is 10.0 Å². The van der Waals surface area contributed by atoms with Gasteiger partial charge in [0.2, 0.25) is 0 Å². The molecule has 0 saturated heterocycles. The van der Waals surface area contributed by atoms with Gasteiger partial charge in [-0.1, -0.05) is 0 Å². The van der Waals surface area contributed by atoms with Crippen LogP contribution in [0.2, 0.25) is 0 Å². The maximum Gasteiger partial charge on any atom is 0.339 e. The van der Waals surface area contributed by atoms with E-state index in [-0.39, 0.29) is 5.97 Å². The number of carbonyl (C=O) groups is 1. The number of rotatable bonds is 2. The Bertz CT molecular complexity index is 383. The first kappa shape index (κ1) is 12.2. The van der Waals surface area contributed by atoms with E-state index in [4.69, 9.17) is 0 Å². The molecule has 0 aliphatic heterocycles. The van der Waals surface area contributed by atoms with Crippen molar-refractivity contribution in [2.45, 2.75) is 0 Å². The molecule has 0 fully saturated rings. The highest BCUT2D eigenvalue weighted by molar-refractivity contribution is 9.10. The van der Waals surface area contributed by atoms with Crippen molar-refractivity contribution < 1.29 is 9.53 Å². The molecule has 0 aliphatic rings. The van der Waals surface area contributed by atoms with Crippen LogP contribution in [0, 0.1) is 0 Å². The second-order valence-electron chi connectivity index (χ2n) is 4.17. The van der Waals surface area contributed by atoms with Gasteiger partial charge in [-0.3, -0.25) is 4.48 Å². The molecule has 0 N–H and O–H groups in total. The largest absolute Gasteiger partial charge is 0.465 e. The summed E-state index contributed by atoms with van der Waals surface area (Å²) in [6.45, 7) is 0. The number of quaternary nitrogens is 1. The highest BCUT2D eigenvalue weighted by Crippen LogP contribution is 2.25. The lowest BCUT2D eigenvalue weighted by molar-refractivity contribution is 0.0599. The Morgan fingerprint density at radius 1 is 1.33 bits per heavy atom. The molecule has 82 valence electrons. The summed E-state index contributed by atoms with van der Waals surface area (Å²) in [6, 6.07) is 5.64. The normalized spacial score (nSPS) is 11.3. The van der Waals surface area contributed by atoms with E-state index >= 15 is 0 Å². The van der Waals surface area contributed by atoms with Crippen LogP contribution in [-0.4, -0.2) is 34.2 Å². The third-order valence-electron chi connectivity index (χ3n) is 2.13. The lowest BCUT2D eigenvalue weighted by Gasteiger charge is -2.23. The number of hydrogen-bond donors (Lipinski definition) is 0. The van der Waals surface area contributed by atoms with Crippen molar-refractivity contribution in [2.75, 3.05) is 28.3 Å². The van der Waals surface area contributed by atoms with Crippen molar-refractivity contribution in [1.29, 1.82) is 0 Å². The second-order valence-corrected chi connectivity index (χ2v) is 5.02. The molecule has 1 aromatic carbocycles. The summed E-state index contributed by atoms with van der Waals surface area (Å²) >= 11 is 3.37. The van der Waals surface area contributed by atoms with Crippen LogP contribution in [0.4, 0.5) is 5.69 Å². The first-order valence-electron chi connectivity index (χ1n) is 4.56. The molecule has 0 heterocycles. The second kappa shape index (κ2) is 4.33. The van der Waals surface area contributed by atoms with Gasteiger partial charge in [-0.15, -0.1) is 0 Å². The van der Waals surface area contributed by atoms with Gasteiger partial charge in [-0.2, -0.15) is 0 Å². The van der Waals surface area contributed by atoms with E-state index < -0.39 is 0 Å². The van der Waals surface area contributed by atoms with E-state index in [1.807, 2.05) is 12.1 Å². The molecule has 0 aliphatic carbocycles. The smallest absolute Gasteiger partial charge is 0.339 e. The minimum Gasteiger partial charge on any atom is -0.465 e. The number of halogens is 1. The van der Waals surface area contributed by atoms with Crippen molar-refractivity contribution >= 4 is 27.6 Å². The number of methoxy groups -OCH3 is 1. The average Bonchev–Trinajstić information content (AvgIpc) is 2.15. The zero-order valence-electron chi connectivity index (χ0n) is 9.37. The quantitative estimate of drug-likeness (QED) is 0.611. The number of carbonyl (C=O) groups excluding carboxylic acids is 1. The van der Waals surface area contributed by atoms with Crippen LogP contribution in [0.15, 0.2) is 22.7 Å². The van der Waals surface area contributed by atoms with Crippen LogP contribution in [0.25, 0.3) is 0 Å². The maximum atomic E-state index is 11.3. The lowest BCUT2D eigenvalue weighted by atomic mass is 10.2. The fourth-order valence-electron chi connectivity index (χ4n) is 1.20. The predicted octanol–water partition coefficient (Wildman–Crippen LogP) is 2.43.